The molecule has 0 saturated heterocycles. The molecule has 5 heteroatoms. The van der Waals surface area contributed by atoms with E-state index in [1.165, 1.54) is 12.6 Å². The molecule has 112 valence electrons. The number of hydrogen-bond donors (Lipinski definition) is 1. The Bertz CT molecular complexity index is 447. The summed E-state index contributed by atoms with van der Waals surface area (Å²) < 4.78 is 10.7. The Morgan fingerprint density at radius 2 is 2.10 bits per heavy atom. The largest absolute Gasteiger partial charge is 0.412 e. The van der Waals surface area contributed by atoms with Crippen LogP contribution in [0.25, 0.3) is 0 Å². The minimum atomic E-state index is -0.462. The molecule has 1 aliphatic heterocycles. The van der Waals surface area contributed by atoms with Crippen LogP contribution >= 0.6 is 0 Å². The Morgan fingerprint density at radius 3 is 2.70 bits per heavy atom. The third kappa shape index (κ3) is 3.95. The van der Waals surface area contributed by atoms with E-state index in [9.17, 15) is 4.79 Å². The summed E-state index contributed by atoms with van der Waals surface area (Å²) in [5, 5.41) is 2.42. The van der Waals surface area contributed by atoms with Gasteiger partial charge < -0.3 is 19.7 Å². The van der Waals surface area contributed by atoms with Crippen LogP contribution in [-0.2, 0) is 11.3 Å². The van der Waals surface area contributed by atoms with Gasteiger partial charge in [0.2, 0.25) is 0 Å². The van der Waals surface area contributed by atoms with Crippen LogP contribution in [0.3, 0.4) is 0 Å². The summed E-state index contributed by atoms with van der Waals surface area (Å²) in [6, 6.07) is 5.93. The molecule has 0 aliphatic carbocycles. The lowest BCUT2D eigenvalue weighted by molar-refractivity contribution is 0.0504. The number of benzene rings is 1. The molecule has 1 aliphatic rings. The van der Waals surface area contributed by atoms with Crippen molar-refractivity contribution < 1.29 is 14.3 Å². The molecule has 1 aromatic carbocycles. The minimum absolute atomic E-state index is 0.253. The number of carbonyl (C=O) groups excluding carboxylic acids is 1. The molecular weight excluding hydrogens is 256 g/mol. The molecule has 1 atom stereocenters. The van der Waals surface area contributed by atoms with Gasteiger partial charge in [0.25, 0.3) is 0 Å². The second-order valence-electron chi connectivity index (χ2n) is 4.49. The molecule has 2 rings (SSSR count). The molecule has 20 heavy (non-hydrogen) atoms. The van der Waals surface area contributed by atoms with Crippen molar-refractivity contribution in [3.63, 3.8) is 0 Å². The van der Waals surface area contributed by atoms with Crippen LogP contribution in [0.2, 0.25) is 0 Å². The average Bonchev–Trinajstić information content (AvgIpc) is 2.48. The summed E-state index contributed by atoms with van der Waals surface area (Å²) in [5.41, 5.74) is 2.30. The molecule has 1 heterocycles. The van der Waals surface area contributed by atoms with Gasteiger partial charge in [-0.25, -0.2) is 4.79 Å². The zero-order valence-corrected chi connectivity index (χ0v) is 12.9. The summed E-state index contributed by atoms with van der Waals surface area (Å²) >= 11 is 0. The van der Waals surface area contributed by atoms with Crippen LogP contribution in [0.4, 0.5) is 4.79 Å². The molecule has 0 spiro atoms. The summed E-state index contributed by atoms with van der Waals surface area (Å²) in [5.74, 6) is 0.538. The number of carbonyl (C=O) groups is 1. The van der Waals surface area contributed by atoms with Crippen LogP contribution in [0.15, 0.2) is 18.2 Å². The zero-order chi connectivity index (χ0) is 15.1. The Morgan fingerprint density at radius 1 is 1.40 bits per heavy atom. The lowest BCUT2D eigenvalue weighted by Crippen LogP contribution is -2.29. The fourth-order valence-corrected chi connectivity index (χ4v) is 2.05. The molecule has 1 amide bonds. The molecule has 0 aromatic heterocycles. The van der Waals surface area contributed by atoms with Crippen molar-refractivity contribution in [2.75, 3.05) is 27.7 Å². The predicted octanol–water partition coefficient (Wildman–Crippen LogP) is 2.56. The maximum Gasteiger partial charge on any atom is 0.412 e. The van der Waals surface area contributed by atoms with Crippen LogP contribution in [0.1, 0.15) is 31.0 Å². The number of nitrogens with one attached hydrogen (secondary N) is 1. The summed E-state index contributed by atoms with van der Waals surface area (Å²) in [6.45, 7) is 5.25. The van der Waals surface area contributed by atoms with E-state index in [0.29, 0.717) is 19.0 Å². The predicted molar refractivity (Wildman–Crippen MR) is 79.0 cm³/mol. The first kappa shape index (κ1) is 16.5. The van der Waals surface area contributed by atoms with E-state index in [-0.39, 0.29) is 6.04 Å². The molecule has 0 bridgehead atoms. The van der Waals surface area contributed by atoms with Gasteiger partial charge in [0.15, 0.2) is 0 Å². The highest BCUT2D eigenvalue weighted by Crippen LogP contribution is 2.30. The average molecular weight is 280 g/mol. The van der Waals surface area contributed by atoms with Gasteiger partial charge in [-0.05, 0) is 37.4 Å². The van der Waals surface area contributed by atoms with E-state index < -0.39 is 6.09 Å². The van der Waals surface area contributed by atoms with Crippen molar-refractivity contribution in [1.29, 1.82) is 0 Å². The van der Waals surface area contributed by atoms with Gasteiger partial charge in [-0.1, -0.05) is 19.9 Å². The van der Waals surface area contributed by atoms with Crippen LogP contribution in [0.5, 0.6) is 5.75 Å². The molecule has 1 unspecified atom stereocenters. The maximum absolute atomic E-state index is 11.1. The van der Waals surface area contributed by atoms with Crippen LogP contribution < -0.4 is 10.1 Å². The summed E-state index contributed by atoms with van der Waals surface area (Å²) in [6.07, 6.45) is -0.462. The number of fused-ring (bicyclic) bond motifs is 1. The number of nitrogens with zero attached hydrogens (tertiary/aromatic N) is 1. The minimum Gasteiger partial charge on any atom is -0.410 e. The lowest BCUT2D eigenvalue weighted by atomic mass is 9.98. The van der Waals surface area contributed by atoms with E-state index in [0.717, 1.165) is 5.56 Å². The first-order valence-electron chi connectivity index (χ1n) is 6.88. The van der Waals surface area contributed by atoms with E-state index in [1.807, 2.05) is 46.1 Å². The molecular formula is C15H24N2O3. The number of likely N-dealkylation sites (N-methyl/N-ethyl adjacent to an activating group) is 1. The van der Waals surface area contributed by atoms with Gasteiger partial charge in [-0.15, -0.1) is 0 Å². The smallest absolute Gasteiger partial charge is 0.410 e. The molecule has 0 fully saturated rings. The monoisotopic (exact) mass is 280 g/mol. The molecule has 1 N–H and O–H groups in total. The molecule has 1 aromatic rings. The second-order valence-corrected chi connectivity index (χ2v) is 4.49. The summed E-state index contributed by atoms with van der Waals surface area (Å²) in [4.78, 5) is 13.3. The van der Waals surface area contributed by atoms with Gasteiger partial charge in [0, 0.05) is 7.05 Å². The first-order valence-corrected chi connectivity index (χ1v) is 6.88. The van der Waals surface area contributed by atoms with E-state index in [1.54, 1.807) is 0 Å². The fourth-order valence-electron chi connectivity index (χ4n) is 2.05. The normalized spacial score (nSPS) is 16.8. The lowest BCUT2D eigenvalue weighted by Gasteiger charge is -2.30. The quantitative estimate of drug-likeness (QED) is 0.904. The highest BCUT2D eigenvalue weighted by Gasteiger charge is 2.23. The number of hydrogen-bond acceptors (Lipinski definition) is 4. The first-order chi connectivity index (χ1) is 9.61. The highest BCUT2D eigenvalue weighted by molar-refractivity contribution is 5.70. The van der Waals surface area contributed by atoms with Gasteiger partial charge in [-0.3, -0.25) is 0 Å². The van der Waals surface area contributed by atoms with Crippen molar-refractivity contribution in [3.8, 4) is 5.75 Å². The Labute approximate surface area is 120 Å². The van der Waals surface area contributed by atoms with Crippen molar-refractivity contribution in [2.24, 2.45) is 0 Å². The zero-order valence-electron chi connectivity index (χ0n) is 12.9. The topological polar surface area (TPSA) is 50.8 Å². The third-order valence-electron chi connectivity index (χ3n) is 3.04. The van der Waals surface area contributed by atoms with Gasteiger partial charge in [-0.2, -0.15) is 0 Å². The molecule has 0 radical (unpaired) electrons. The summed E-state index contributed by atoms with van der Waals surface area (Å²) in [7, 11) is 5.59. The molecule has 0 saturated carbocycles. The van der Waals surface area contributed by atoms with Crippen molar-refractivity contribution in [2.45, 2.75) is 26.5 Å². The van der Waals surface area contributed by atoms with Crippen LogP contribution in [0, 0.1) is 0 Å². The number of ether oxygens (including phenoxy) is 2. The van der Waals surface area contributed by atoms with E-state index in [2.05, 4.69) is 10.2 Å². The van der Waals surface area contributed by atoms with Crippen molar-refractivity contribution in [1.82, 2.24) is 10.2 Å². The second kappa shape index (κ2) is 7.87. The number of amides is 1. The Hall–Kier alpha value is -1.59. The van der Waals surface area contributed by atoms with E-state index >= 15 is 0 Å². The van der Waals surface area contributed by atoms with Crippen molar-refractivity contribution >= 4 is 6.09 Å². The fraction of sp³-hybridized carbons (Fsp3) is 0.533. The van der Waals surface area contributed by atoms with Gasteiger partial charge in [0.05, 0.1) is 19.3 Å². The highest BCUT2D eigenvalue weighted by atomic mass is 16.6. The number of rotatable bonds is 2. The third-order valence-corrected chi connectivity index (χ3v) is 3.04. The Balaban J connectivity index is 0.000000956. The molecule has 5 nitrogen and oxygen atoms in total. The maximum atomic E-state index is 11.1. The van der Waals surface area contributed by atoms with Crippen molar-refractivity contribution in [3.05, 3.63) is 29.3 Å². The van der Waals surface area contributed by atoms with Gasteiger partial charge >= 0.3 is 6.09 Å². The standard InChI is InChI=1S/C13H18N2O3.C2H6/c1-14-13(16)18-10-4-5-11-9(6-10)7-17-8-12(11)15(2)3;1-2/h4-6,12H,7-8H2,1-3H3,(H,14,16);1-2H3. The van der Waals surface area contributed by atoms with Gasteiger partial charge in [0.1, 0.15) is 5.75 Å². The van der Waals surface area contributed by atoms with E-state index in [4.69, 9.17) is 9.47 Å². The SMILES string of the molecule is CC.CNC(=O)Oc1ccc2c(c1)COCC2N(C)C. The van der Waals surface area contributed by atoms with Crippen LogP contribution in [-0.4, -0.2) is 38.7 Å². The Kier molecular flexibility index (Phi) is 6.48.